The van der Waals surface area contributed by atoms with Gasteiger partial charge in [-0.15, -0.1) is 0 Å². The van der Waals surface area contributed by atoms with Crippen molar-refractivity contribution in [3.05, 3.63) is 53.9 Å². The minimum atomic E-state index is -4.54. The molecule has 10 nitrogen and oxygen atoms in total. The zero-order chi connectivity index (χ0) is 28.0. The van der Waals surface area contributed by atoms with Gasteiger partial charge < -0.3 is 23.7 Å². The molecule has 40 heavy (non-hydrogen) atoms. The number of methoxy groups -OCH3 is 2. The fourth-order valence-corrected chi connectivity index (χ4v) is 4.84. The van der Waals surface area contributed by atoms with Crippen LogP contribution < -0.4 is 19.1 Å². The maximum absolute atomic E-state index is 13.2. The lowest BCUT2D eigenvalue weighted by atomic mass is 10.1. The Morgan fingerprint density at radius 1 is 1.07 bits per heavy atom. The molecule has 0 spiro atoms. The van der Waals surface area contributed by atoms with E-state index in [2.05, 4.69) is 24.8 Å². The van der Waals surface area contributed by atoms with Gasteiger partial charge in [0.05, 0.1) is 38.2 Å². The van der Waals surface area contributed by atoms with Crippen LogP contribution in [0.15, 0.2) is 36.9 Å². The Balaban J connectivity index is 1.33. The number of aryl methyl sites for hydroxylation is 1. The maximum Gasteiger partial charge on any atom is 0.434 e. The summed E-state index contributed by atoms with van der Waals surface area (Å²) in [5.41, 5.74) is 1.93. The summed E-state index contributed by atoms with van der Waals surface area (Å²) in [4.78, 5) is 24.1. The van der Waals surface area contributed by atoms with Gasteiger partial charge in [-0.2, -0.15) is 13.2 Å². The van der Waals surface area contributed by atoms with E-state index in [1.807, 2.05) is 6.07 Å². The molecule has 1 fully saturated rings. The Labute approximate surface area is 227 Å². The number of nitrogens with zero attached hydrogens (tertiary/aromatic N) is 7. The van der Waals surface area contributed by atoms with Gasteiger partial charge in [0, 0.05) is 25.7 Å². The molecule has 208 valence electrons. The van der Waals surface area contributed by atoms with Crippen molar-refractivity contribution in [2.75, 3.05) is 32.3 Å². The maximum atomic E-state index is 13.2. The van der Waals surface area contributed by atoms with E-state index in [9.17, 15) is 13.2 Å². The van der Waals surface area contributed by atoms with Crippen molar-refractivity contribution in [2.45, 2.75) is 31.5 Å². The highest BCUT2D eigenvalue weighted by molar-refractivity contribution is 5.69. The smallest absolute Gasteiger partial charge is 0.434 e. The normalized spacial score (nSPS) is 15.0. The van der Waals surface area contributed by atoms with E-state index in [0.29, 0.717) is 65.8 Å². The number of halogens is 3. The summed E-state index contributed by atoms with van der Waals surface area (Å²) in [6.07, 6.45) is 1.66. The van der Waals surface area contributed by atoms with Crippen LogP contribution in [0.1, 0.15) is 35.7 Å². The number of benzene rings is 1. The Morgan fingerprint density at radius 2 is 1.90 bits per heavy atom. The number of imidazole rings is 1. The summed E-state index contributed by atoms with van der Waals surface area (Å²) in [6.45, 7) is 1.47. The van der Waals surface area contributed by atoms with Gasteiger partial charge >= 0.3 is 6.18 Å². The van der Waals surface area contributed by atoms with Gasteiger partial charge in [-0.05, 0) is 30.5 Å². The van der Waals surface area contributed by atoms with E-state index in [4.69, 9.17) is 19.2 Å². The van der Waals surface area contributed by atoms with Crippen molar-refractivity contribution in [3.63, 3.8) is 0 Å². The minimum Gasteiger partial charge on any atom is -0.496 e. The number of alkyl halides is 3. The quantitative estimate of drug-likeness (QED) is 0.324. The molecule has 1 aromatic carbocycles. The van der Waals surface area contributed by atoms with E-state index >= 15 is 0 Å². The Hall–Kier alpha value is -4.42. The molecule has 13 heteroatoms. The predicted molar refractivity (Wildman–Crippen MR) is 138 cm³/mol. The Morgan fingerprint density at radius 3 is 2.60 bits per heavy atom. The Kier molecular flexibility index (Phi) is 6.43. The molecule has 0 bridgehead atoms. The first kappa shape index (κ1) is 25.8. The van der Waals surface area contributed by atoms with E-state index < -0.39 is 11.9 Å². The van der Waals surface area contributed by atoms with Gasteiger partial charge in [-0.3, -0.25) is 0 Å². The van der Waals surface area contributed by atoms with Crippen molar-refractivity contribution < 1.29 is 27.4 Å². The molecule has 1 saturated carbocycles. The molecular weight excluding hydrogens is 527 g/mol. The standard InChI is InChI=1S/C27H26F3N7O3/c1-36-13-20(27(28,29)30)34-24(36)17-7-4-15(10-18(17)38-2)12-37-8-9-40-19-11-31-23(35-25(19)37)21-22(16-5-6-16)32-14-33-26(21)39-3/h4,7,10-11,13-14,16H,5-6,8-9,12H2,1-3H3. The van der Waals surface area contributed by atoms with Gasteiger partial charge in [0.1, 0.15) is 30.1 Å². The van der Waals surface area contributed by atoms with Crippen LogP contribution in [-0.2, 0) is 19.8 Å². The first-order valence-corrected chi connectivity index (χ1v) is 12.7. The highest BCUT2D eigenvalue weighted by atomic mass is 19.4. The molecule has 0 amide bonds. The van der Waals surface area contributed by atoms with E-state index in [1.165, 1.54) is 25.1 Å². The molecule has 1 aliphatic heterocycles. The summed E-state index contributed by atoms with van der Waals surface area (Å²) < 4.78 is 57.9. The first-order chi connectivity index (χ1) is 19.3. The van der Waals surface area contributed by atoms with Crippen molar-refractivity contribution >= 4 is 5.82 Å². The third-order valence-corrected chi connectivity index (χ3v) is 6.92. The Bertz CT molecular complexity index is 1570. The lowest BCUT2D eigenvalue weighted by molar-refractivity contribution is -0.140. The summed E-state index contributed by atoms with van der Waals surface area (Å²) >= 11 is 0. The van der Waals surface area contributed by atoms with Gasteiger partial charge in [0.25, 0.3) is 0 Å². The zero-order valence-corrected chi connectivity index (χ0v) is 22.1. The number of aromatic nitrogens is 6. The number of rotatable bonds is 7. The van der Waals surface area contributed by atoms with Crippen LogP contribution >= 0.6 is 0 Å². The highest BCUT2D eigenvalue weighted by Gasteiger charge is 2.35. The van der Waals surface area contributed by atoms with Crippen LogP contribution in [0.4, 0.5) is 19.0 Å². The number of anilines is 1. The number of fused-ring (bicyclic) bond motifs is 1. The monoisotopic (exact) mass is 553 g/mol. The summed E-state index contributed by atoms with van der Waals surface area (Å²) in [6, 6.07) is 5.36. The fraction of sp³-hybridized carbons (Fsp3) is 0.370. The summed E-state index contributed by atoms with van der Waals surface area (Å²) in [7, 11) is 4.56. The topological polar surface area (TPSA) is 100 Å². The lowest BCUT2D eigenvalue weighted by Crippen LogP contribution is -2.33. The van der Waals surface area contributed by atoms with E-state index in [-0.39, 0.29) is 5.82 Å². The first-order valence-electron chi connectivity index (χ1n) is 12.7. The molecule has 0 atom stereocenters. The number of hydrogen-bond donors (Lipinski definition) is 0. The van der Waals surface area contributed by atoms with Crippen LogP contribution in [0.2, 0.25) is 0 Å². The fourth-order valence-electron chi connectivity index (χ4n) is 4.84. The molecule has 2 aliphatic rings. The average Bonchev–Trinajstić information content (AvgIpc) is 3.72. The van der Waals surface area contributed by atoms with Crippen LogP contribution in [0.3, 0.4) is 0 Å². The van der Waals surface area contributed by atoms with Crippen molar-refractivity contribution in [1.29, 1.82) is 0 Å². The second kappa shape index (κ2) is 9.96. The van der Waals surface area contributed by atoms with Gasteiger partial charge in [0.2, 0.25) is 5.88 Å². The van der Waals surface area contributed by atoms with E-state index in [0.717, 1.165) is 30.3 Å². The largest absolute Gasteiger partial charge is 0.496 e. The van der Waals surface area contributed by atoms with Gasteiger partial charge in [-0.1, -0.05) is 6.07 Å². The molecule has 4 heterocycles. The molecule has 1 aliphatic carbocycles. The second-order valence-electron chi connectivity index (χ2n) is 9.66. The van der Waals surface area contributed by atoms with Crippen LogP contribution in [-0.4, -0.2) is 56.9 Å². The molecule has 0 radical (unpaired) electrons. The zero-order valence-electron chi connectivity index (χ0n) is 22.1. The second-order valence-corrected chi connectivity index (χ2v) is 9.66. The number of hydrogen-bond acceptors (Lipinski definition) is 9. The van der Waals surface area contributed by atoms with Gasteiger partial charge in [0.15, 0.2) is 23.1 Å². The van der Waals surface area contributed by atoms with Crippen molar-refractivity contribution in [2.24, 2.45) is 7.05 Å². The molecule has 0 N–H and O–H groups in total. The molecule has 4 aromatic rings. The summed E-state index contributed by atoms with van der Waals surface area (Å²) in [5, 5.41) is 0. The molecular formula is C27H26F3N7O3. The van der Waals surface area contributed by atoms with Crippen molar-refractivity contribution in [3.8, 4) is 40.2 Å². The van der Waals surface area contributed by atoms with Crippen LogP contribution in [0.25, 0.3) is 22.8 Å². The third-order valence-electron chi connectivity index (χ3n) is 6.92. The number of ether oxygens (including phenoxy) is 3. The molecule has 6 rings (SSSR count). The molecule has 0 saturated heterocycles. The summed E-state index contributed by atoms with van der Waals surface area (Å²) in [5.74, 6) is 2.95. The van der Waals surface area contributed by atoms with Gasteiger partial charge in [-0.25, -0.2) is 24.9 Å². The van der Waals surface area contributed by atoms with Crippen LogP contribution in [0.5, 0.6) is 17.4 Å². The average molecular weight is 554 g/mol. The predicted octanol–water partition coefficient (Wildman–Crippen LogP) is 4.65. The van der Waals surface area contributed by atoms with E-state index in [1.54, 1.807) is 25.4 Å². The van der Waals surface area contributed by atoms with Crippen LogP contribution in [0, 0.1) is 0 Å². The lowest BCUT2D eigenvalue weighted by Gasteiger charge is -2.30. The minimum absolute atomic E-state index is 0.162. The highest BCUT2D eigenvalue weighted by Crippen LogP contribution is 2.45. The molecule has 3 aromatic heterocycles. The SMILES string of the molecule is COc1cc(CN2CCOc3cnc(-c4c(OC)ncnc4C4CC4)nc32)ccc1-c1nc(C(F)(F)F)cn1C. The third kappa shape index (κ3) is 4.75. The van der Waals surface area contributed by atoms with Crippen molar-refractivity contribution in [1.82, 2.24) is 29.5 Å². The molecule has 0 unspecified atom stereocenters.